The molecule has 0 fully saturated rings. The molecule has 1 aliphatic rings. The molecule has 0 aliphatic heterocycles. The number of benzene rings is 2. The van der Waals surface area contributed by atoms with Crippen molar-refractivity contribution in [3.8, 4) is 6.07 Å². The normalized spacial score (nSPS) is 13.0. The first-order chi connectivity index (χ1) is 13.5. The smallest absolute Gasteiger partial charge is 0.256 e. The number of thiophene rings is 1. The highest BCUT2D eigenvalue weighted by atomic mass is 32.2. The van der Waals surface area contributed by atoms with Crippen molar-refractivity contribution in [1.29, 1.82) is 5.26 Å². The Bertz CT molecular complexity index is 1190. The van der Waals surface area contributed by atoms with Crippen molar-refractivity contribution in [2.24, 2.45) is 0 Å². The van der Waals surface area contributed by atoms with E-state index in [0.717, 1.165) is 29.7 Å². The number of carbonyl (C=O) groups is 1. The summed E-state index contributed by atoms with van der Waals surface area (Å²) in [5.74, 6) is -0.361. The second kappa shape index (κ2) is 7.23. The third kappa shape index (κ3) is 3.21. The van der Waals surface area contributed by atoms with E-state index in [0.29, 0.717) is 16.1 Å². The number of fused-ring (bicyclic) bond motifs is 1. The predicted octanol–water partition coefficient (Wildman–Crippen LogP) is 4.19. The van der Waals surface area contributed by atoms with Crippen LogP contribution in [0.3, 0.4) is 0 Å². The molecule has 140 valence electrons. The van der Waals surface area contributed by atoms with Crippen LogP contribution in [0.2, 0.25) is 0 Å². The van der Waals surface area contributed by atoms with Crippen LogP contribution in [0.4, 0.5) is 5.00 Å². The molecule has 0 radical (unpaired) electrons. The first-order valence-electron chi connectivity index (χ1n) is 8.77. The fraction of sp³-hybridized carbons (Fsp3) is 0.143. The molecule has 5 nitrogen and oxygen atoms in total. The summed E-state index contributed by atoms with van der Waals surface area (Å²) in [6, 6.07) is 16.2. The first-order valence-corrected chi connectivity index (χ1v) is 11.1. The van der Waals surface area contributed by atoms with Gasteiger partial charge in [0, 0.05) is 10.4 Å². The van der Waals surface area contributed by atoms with Gasteiger partial charge in [-0.2, -0.15) is 5.26 Å². The van der Waals surface area contributed by atoms with Crippen LogP contribution in [-0.2, 0) is 22.7 Å². The van der Waals surface area contributed by atoms with Gasteiger partial charge in [0.2, 0.25) is 9.84 Å². The van der Waals surface area contributed by atoms with Crippen molar-refractivity contribution >= 4 is 32.1 Å². The lowest BCUT2D eigenvalue weighted by Gasteiger charge is -2.07. The van der Waals surface area contributed by atoms with E-state index >= 15 is 0 Å². The fourth-order valence-electron chi connectivity index (χ4n) is 3.31. The molecule has 0 saturated heterocycles. The molecule has 28 heavy (non-hydrogen) atoms. The second-order valence-corrected chi connectivity index (χ2v) is 9.52. The number of anilines is 1. The Morgan fingerprint density at radius 1 is 1.00 bits per heavy atom. The van der Waals surface area contributed by atoms with Gasteiger partial charge in [-0.15, -0.1) is 11.3 Å². The minimum Gasteiger partial charge on any atom is -0.312 e. The number of carbonyl (C=O) groups excluding carboxylic acids is 1. The minimum absolute atomic E-state index is 0.128. The number of amides is 1. The molecule has 3 aromatic rings. The Kier molecular flexibility index (Phi) is 4.75. The highest BCUT2D eigenvalue weighted by Gasteiger charge is 2.23. The van der Waals surface area contributed by atoms with Gasteiger partial charge in [0.25, 0.3) is 5.91 Å². The number of hydrogen-bond acceptors (Lipinski definition) is 5. The molecule has 0 atom stereocenters. The summed E-state index contributed by atoms with van der Waals surface area (Å²) < 4.78 is 25.3. The molecule has 1 aliphatic carbocycles. The van der Waals surface area contributed by atoms with Crippen LogP contribution in [0.25, 0.3) is 0 Å². The maximum absolute atomic E-state index is 12.6. The van der Waals surface area contributed by atoms with Crippen LogP contribution in [0.1, 0.15) is 32.8 Å². The Morgan fingerprint density at radius 2 is 1.68 bits per heavy atom. The van der Waals surface area contributed by atoms with Crippen LogP contribution in [0, 0.1) is 11.3 Å². The highest BCUT2D eigenvalue weighted by molar-refractivity contribution is 7.91. The molecule has 0 bridgehead atoms. The second-order valence-electron chi connectivity index (χ2n) is 6.47. The predicted molar refractivity (Wildman–Crippen MR) is 107 cm³/mol. The number of nitrogens with zero attached hydrogens (tertiary/aromatic N) is 1. The summed E-state index contributed by atoms with van der Waals surface area (Å²) in [6.45, 7) is 0. The van der Waals surface area contributed by atoms with Gasteiger partial charge in [-0.05, 0) is 61.2 Å². The van der Waals surface area contributed by atoms with Crippen LogP contribution in [-0.4, -0.2) is 14.3 Å². The fourth-order valence-corrected chi connectivity index (χ4v) is 5.82. The molecule has 1 amide bonds. The lowest BCUT2D eigenvalue weighted by molar-refractivity contribution is 0.102. The van der Waals surface area contributed by atoms with Crippen LogP contribution in [0.15, 0.2) is 64.4 Å². The van der Waals surface area contributed by atoms with E-state index in [2.05, 4.69) is 11.4 Å². The van der Waals surface area contributed by atoms with Crippen LogP contribution < -0.4 is 5.32 Å². The summed E-state index contributed by atoms with van der Waals surface area (Å²) in [5, 5.41) is 12.8. The largest absolute Gasteiger partial charge is 0.312 e. The van der Waals surface area contributed by atoms with Crippen LogP contribution >= 0.6 is 11.3 Å². The van der Waals surface area contributed by atoms with Gasteiger partial charge < -0.3 is 5.32 Å². The number of rotatable bonds is 4. The Labute approximate surface area is 167 Å². The van der Waals surface area contributed by atoms with Crippen molar-refractivity contribution in [2.45, 2.75) is 29.1 Å². The summed E-state index contributed by atoms with van der Waals surface area (Å²) in [6.07, 6.45) is 2.86. The molecule has 1 aromatic heterocycles. The molecular formula is C21H16N2O3S2. The van der Waals surface area contributed by atoms with Gasteiger partial charge in [-0.1, -0.05) is 18.2 Å². The standard InChI is InChI=1S/C21H16N2O3S2/c22-13-18-17-7-4-8-19(17)27-21(18)23-20(24)14-9-11-16(12-10-14)28(25,26)15-5-2-1-3-6-15/h1-3,5-6,9-12H,4,7-8H2,(H,23,24). The van der Waals surface area contributed by atoms with E-state index in [-0.39, 0.29) is 15.7 Å². The maximum Gasteiger partial charge on any atom is 0.256 e. The van der Waals surface area contributed by atoms with Crippen molar-refractivity contribution in [1.82, 2.24) is 0 Å². The zero-order chi connectivity index (χ0) is 19.7. The van der Waals surface area contributed by atoms with Gasteiger partial charge in [-0.3, -0.25) is 4.79 Å². The van der Waals surface area contributed by atoms with Crippen molar-refractivity contribution < 1.29 is 13.2 Å². The molecule has 0 spiro atoms. The number of sulfone groups is 1. The third-order valence-corrected chi connectivity index (χ3v) is 7.73. The zero-order valence-electron chi connectivity index (χ0n) is 14.8. The highest BCUT2D eigenvalue weighted by Crippen LogP contribution is 2.38. The van der Waals surface area contributed by atoms with E-state index in [1.807, 2.05) is 0 Å². The van der Waals surface area contributed by atoms with Crippen molar-refractivity contribution in [3.05, 3.63) is 76.2 Å². The number of aryl methyl sites for hydroxylation is 1. The molecule has 0 unspecified atom stereocenters. The Balaban J connectivity index is 1.57. The Morgan fingerprint density at radius 3 is 2.36 bits per heavy atom. The molecule has 0 saturated carbocycles. The van der Waals surface area contributed by atoms with Gasteiger partial charge >= 0.3 is 0 Å². The van der Waals surface area contributed by atoms with Gasteiger partial charge in [-0.25, -0.2) is 8.42 Å². The minimum atomic E-state index is -3.62. The van der Waals surface area contributed by atoms with Gasteiger partial charge in [0.05, 0.1) is 15.4 Å². The number of nitriles is 1. The monoisotopic (exact) mass is 408 g/mol. The van der Waals surface area contributed by atoms with E-state index < -0.39 is 9.84 Å². The lowest BCUT2D eigenvalue weighted by Crippen LogP contribution is -2.12. The van der Waals surface area contributed by atoms with E-state index in [4.69, 9.17) is 0 Å². The molecule has 2 aromatic carbocycles. The average molecular weight is 409 g/mol. The third-order valence-electron chi connectivity index (χ3n) is 4.74. The zero-order valence-corrected chi connectivity index (χ0v) is 16.4. The molecular weight excluding hydrogens is 392 g/mol. The number of nitrogens with one attached hydrogen (secondary N) is 1. The number of hydrogen-bond donors (Lipinski definition) is 1. The topological polar surface area (TPSA) is 87.0 Å². The van der Waals surface area contributed by atoms with Gasteiger partial charge in [0.15, 0.2) is 0 Å². The quantitative estimate of drug-likeness (QED) is 0.701. The summed E-state index contributed by atoms with van der Waals surface area (Å²) in [4.78, 5) is 14.1. The van der Waals surface area contributed by atoms with Crippen LogP contribution in [0.5, 0.6) is 0 Å². The average Bonchev–Trinajstić information content (AvgIpc) is 3.29. The molecule has 1 N–H and O–H groups in total. The van der Waals surface area contributed by atoms with Crippen molar-refractivity contribution in [3.63, 3.8) is 0 Å². The summed E-state index contributed by atoms with van der Waals surface area (Å²) >= 11 is 1.45. The lowest BCUT2D eigenvalue weighted by atomic mass is 10.1. The molecule has 4 rings (SSSR count). The Hall–Kier alpha value is -2.95. The van der Waals surface area contributed by atoms with E-state index in [1.165, 1.54) is 47.7 Å². The SMILES string of the molecule is N#Cc1c(NC(=O)c2ccc(S(=O)(=O)c3ccccc3)cc2)sc2c1CCC2. The maximum atomic E-state index is 12.6. The molecule has 1 heterocycles. The van der Waals surface area contributed by atoms with E-state index in [9.17, 15) is 18.5 Å². The van der Waals surface area contributed by atoms with Crippen molar-refractivity contribution in [2.75, 3.05) is 5.32 Å². The first kappa shape index (κ1) is 18.4. The van der Waals surface area contributed by atoms with E-state index in [1.54, 1.807) is 18.2 Å². The molecule has 7 heteroatoms. The summed E-state index contributed by atoms with van der Waals surface area (Å²) in [7, 11) is -3.62. The van der Waals surface area contributed by atoms with Gasteiger partial charge in [0.1, 0.15) is 11.1 Å². The summed E-state index contributed by atoms with van der Waals surface area (Å²) in [5.41, 5.74) is 1.94.